The molecule has 0 aliphatic carbocycles. The number of nitrogen functional groups attached to an aromatic ring is 1. The molecule has 1 fully saturated rings. The van der Waals surface area contributed by atoms with Gasteiger partial charge in [0, 0.05) is 19.7 Å². The first-order valence-electron chi connectivity index (χ1n) is 5.34. The highest BCUT2D eigenvalue weighted by molar-refractivity contribution is 6.32. The van der Waals surface area contributed by atoms with E-state index in [1.807, 2.05) is 0 Å². The fourth-order valence-corrected chi connectivity index (χ4v) is 2.13. The standard InChI is InChI=1S/C10H15ClN4O/c11-8-5-13-10(12)14-9(8)15-3-1-7(6-16)2-4-15/h5,7,16H,1-4,6H2,(H2,12,13,14). The number of halogens is 1. The molecule has 6 heteroatoms. The Morgan fingerprint density at radius 2 is 2.19 bits per heavy atom. The van der Waals surface area contributed by atoms with E-state index in [0.29, 0.717) is 16.8 Å². The number of hydrogen-bond acceptors (Lipinski definition) is 5. The number of nitrogens with two attached hydrogens (primary N) is 1. The number of aliphatic hydroxyl groups is 1. The molecule has 0 saturated carbocycles. The van der Waals surface area contributed by atoms with Gasteiger partial charge in [-0.25, -0.2) is 4.98 Å². The van der Waals surface area contributed by atoms with Crippen molar-refractivity contribution in [1.82, 2.24) is 9.97 Å². The topological polar surface area (TPSA) is 75.3 Å². The quantitative estimate of drug-likeness (QED) is 0.807. The van der Waals surface area contributed by atoms with Gasteiger partial charge in [0.25, 0.3) is 0 Å². The Kier molecular flexibility index (Phi) is 3.46. The van der Waals surface area contributed by atoms with Gasteiger partial charge in [-0.3, -0.25) is 0 Å². The Labute approximate surface area is 99.3 Å². The lowest BCUT2D eigenvalue weighted by atomic mass is 9.98. The maximum Gasteiger partial charge on any atom is 0.222 e. The lowest BCUT2D eigenvalue weighted by Crippen LogP contribution is -2.35. The van der Waals surface area contributed by atoms with Crippen molar-refractivity contribution in [1.29, 1.82) is 0 Å². The molecule has 3 N–H and O–H groups in total. The highest BCUT2D eigenvalue weighted by Crippen LogP contribution is 2.27. The van der Waals surface area contributed by atoms with Crippen LogP contribution in [0.1, 0.15) is 12.8 Å². The van der Waals surface area contributed by atoms with Gasteiger partial charge in [-0.2, -0.15) is 4.98 Å². The summed E-state index contributed by atoms with van der Waals surface area (Å²) >= 11 is 6.03. The van der Waals surface area contributed by atoms with E-state index in [-0.39, 0.29) is 12.6 Å². The molecule has 0 aromatic carbocycles. The van der Waals surface area contributed by atoms with E-state index < -0.39 is 0 Å². The number of aromatic nitrogens is 2. The molecule has 5 nitrogen and oxygen atoms in total. The number of hydrogen-bond donors (Lipinski definition) is 2. The minimum atomic E-state index is 0.240. The minimum absolute atomic E-state index is 0.240. The second kappa shape index (κ2) is 4.84. The molecule has 88 valence electrons. The second-order valence-electron chi connectivity index (χ2n) is 4.01. The number of aliphatic hydroxyl groups excluding tert-OH is 1. The maximum absolute atomic E-state index is 9.06. The summed E-state index contributed by atoms with van der Waals surface area (Å²) in [5.41, 5.74) is 5.54. The van der Waals surface area contributed by atoms with Gasteiger partial charge in [-0.15, -0.1) is 0 Å². The van der Waals surface area contributed by atoms with Crippen molar-refractivity contribution in [2.45, 2.75) is 12.8 Å². The first kappa shape index (κ1) is 11.4. The van der Waals surface area contributed by atoms with Crippen LogP contribution in [-0.2, 0) is 0 Å². The zero-order chi connectivity index (χ0) is 11.5. The van der Waals surface area contributed by atoms with Crippen molar-refractivity contribution in [2.75, 3.05) is 30.3 Å². The summed E-state index contributed by atoms with van der Waals surface area (Å²) in [7, 11) is 0. The number of nitrogens with zero attached hydrogens (tertiary/aromatic N) is 3. The molecule has 1 aliphatic heterocycles. The van der Waals surface area contributed by atoms with Crippen LogP contribution in [0.2, 0.25) is 5.02 Å². The summed E-state index contributed by atoms with van der Waals surface area (Å²) in [6, 6.07) is 0. The summed E-state index contributed by atoms with van der Waals surface area (Å²) in [5, 5.41) is 9.58. The molecule has 1 aromatic heterocycles. The molecule has 0 spiro atoms. The molecule has 16 heavy (non-hydrogen) atoms. The molecule has 0 bridgehead atoms. The maximum atomic E-state index is 9.06. The zero-order valence-corrected chi connectivity index (χ0v) is 9.69. The van der Waals surface area contributed by atoms with Gasteiger partial charge >= 0.3 is 0 Å². The van der Waals surface area contributed by atoms with Crippen LogP contribution in [0.5, 0.6) is 0 Å². The molecule has 1 aliphatic rings. The van der Waals surface area contributed by atoms with Gasteiger partial charge < -0.3 is 15.7 Å². The van der Waals surface area contributed by atoms with Gasteiger partial charge in [0.2, 0.25) is 5.95 Å². The van der Waals surface area contributed by atoms with Crippen LogP contribution in [0.4, 0.5) is 11.8 Å². The fourth-order valence-electron chi connectivity index (χ4n) is 1.92. The number of rotatable bonds is 2. The largest absolute Gasteiger partial charge is 0.396 e. The molecule has 1 saturated heterocycles. The lowest BCUT2D eigenvalue weighted by Gasteiger charge is -2.32. The molecule has 0 unspecified atom stereocenters. The molecule has 1 aromatic rings. The van der Waals surface area contributed by atoms with E-state index in [1.54, 1.807) is 0 Å². The SMILES string of the molecule is Nc1ncc(Cl)c(N2CCC(CO)CC2)n1. The van der Waals surface area contributed by atoms with Gasteiger partial charge in [0.1, 0.15) is 5.02 Å². The first-order chi connectivity index (χ1) is 7.70. The summed E-state index contributed by atoms with van der Waals surface area (Å²) in [4.78, 5) is 10.1. The number of anilines is 2. The lowest BCUT2D eigenvalue weighted by molar-refractivity contribution is 0.203. The molecular weight excluding hydrogens is 228 g/mol. The van der Waals surface area contributed by atoms with E-state index in [1.165, 1.54) is 6.20 Å². The molecule has 0 atom stereocenters. The second-order valence-corrected chi connectivity index (χ2v) is 4.42. The Morgan fingerprint density at radius 1 is 1.50 bits per heavy atom. The van der Waals surface area contributed by atoms with Crippen LogP contribution < -0.4 is 10.6 Å². The van der Waals surface area contributed by atoms with Crippen molar-refractivity contribution < 1.29 is 5.11 Å². The van der Waals surface area contributed by atoms with Crippen LogP contribution in [0, 0.1) is 5.92 Å². The molecule has 0 amide bonds. The third kappa shape index (κ3) is 2.36. The predicted molar refractivity (Wildman–Crippen MR) is 63.5 cm³/mol. The van der Waals surface area contributed by atoms with Crippen molar-refractivity contribution in [3.63, 3.8) is 0 Å². The van der Waals surface area contributed by atoms with Crippen molar-refractivity contribution in [3.8, 4) is 0 Å². The van der Waals surface area contributed by atoms with Crippen LogP contribution in [0.25, 0.3) is 0 Å². The Hall–Kier alpha value is -1.07. The highest BCUT2D eigenvalue weighted by atomic mass is 35.5. The number of piperidine rings is 1. The zero-order valence-electron chi connectivity index (χ0n) is 8.93. The van der Waals surface area contributed by atoms with E-state index in [4.69, 9.17) is 22.4 Å². The van der Waals surface area contributed by atoms with Gasteiger partial charge in [-0.1, -0.05) is 11.6 Å². The Bertz CT molecular complexity index is 366. The summed E-state index contributed by atoms with van der Waals surface area (Å²) in [5.74, 6) is 1.34. The Balaban J connectivity index is 2.10. The normalized spacial score (nSPS) is 17.8. The fraction of sp³-hybridized carbons (Fsp3) is 0.600. The first-order valence-corrected chi connectivity index (χ1v) is 5.72. The van der Waals surface area contributed by atoms with Crippen LogP contribution in [-0.4, -0.2) is 34.8 Å². The smallest absolute Gasteiger partial charge is 0.222 e. The van der Waals surface area contributed by atoms with E-state index in [0.717, 1.165) is 25.9 Å². The van der Waals surface area contributed by atoms with Crippen LogP contribution in [0.3, 0.4) is 0 Å². The van der Waals surface area contributed by atoms with Gasteiger partial charge in [0.15, 0.2) is 5.82 Å². The monoisotopic (exact) mass is 242 g/mol. The predicted octanol–water partition coefficient (Wildman–Crippen LogP) is 0.921. The van der Waals surface area contributed by atoms with E-state index in [2.05, 4.69) is 14.9 Å². The molecule has 2 rings (SSSR count). The third-order valence-corrected chi connectivity index (χ3v) is 3.18. The van der Waals surface area contributed by atoms with E-state index in [9.17, 15) is 0 Å². The third-order valence-electron chi connectivity index (χ3n) is 2.92. The molecular formula is C10H15ClN4O. The van der Waals surface area contributed by atoms with E-state index >= 15 is 0 Å². The van der Waals surface area contributed by atoms with Crippen molar-refractivity contribution in [3.05, 3.63) is 11.2 Å². The van der Waals surface area contributed by atoms with Crippen LogP contribution >= 0.6 is 11.6 Å². The average Bonchev–Trinajstić information content (AvgIpc) is 2.32. The molecule has 0 radical (unpaired) electrons. The average molecular weight is 243 g/mol. The molecule has 2 heterocycles. The van der Waals surface area contributed by atoms with Gasteiger partial charge in [-0.05, 0) is 18.8 Å². The summed E-state index contributed by atoms with van der Waals surface area (Å²) in [6.45, 7) is 1.95. The van der Waals surface area contributed by atoms with Gasteiger partial charge in [0.05, 0.1) is 6.20 Å². The van der Waals surface area contributed by atoms with Crippen LogP contribution in [0.15, 0.2) is 6.20 Å². The highest BCUT2D eigenvalue weighted by Gasteiger charge is 2.21. The minimum Gasteiger partial charge on any atom is -0.396 e. The summed E-state index contributed by atoms with van der Waals surface area (Å²) < 4.78 is 0. The van der Waals surface area contributed by atoms with Crippen molar-refractivity contribution in [2.24, 2.45) is 5.92 Å². The summed E-state index contributed by atoms with van der Waals surface area (Å²) in [6.07, 6.45) is 3.44. The Morgan fingerprint density at radius 3 is 2.81 bits per heavy atom. The van der Waals surface area contributed by atoms with Crippen molar-refractivity contribution >= 4 is 23.4 Å².